The van der Waals surface area contributed by atoms with Gasteiger partial charge in [0.2, 0.25) is 0 Å². The third kappa shape index (κ3) is 3.02. The van der Waals surface area contributed by atoms with E-state index in [9.17, 15) is 0 Å². The van der Waals surface area contributed by atoms with Crippen LogP contribution in [0, 0.1) is 6.92 Å². The molecule has 15 heavy (non-hydrogen) atoms. The second-order valence-corrected chi connectivity index (χ2v) is 3.41. The molecular formula is C10H20N4O. The molecular weight excluding hydrogens is 192 g/mol. The molecule has 1 aromatic rings. The average Bonchev–Trinajstić information content (AvgIpc) is 2.61. The number of nitrogens with zero attached hydrogens (tertiary/aromatic N) is 2. The zero-order chi connectivity index (χ0) is 11.3. The summed E-state index contributed by atoms with van der Waals surface area (Å²) in [5.41, 5.74) is 4.83. The summed E-state index contributed by atoms with van der Waals surface area (Å²) in [5.74, 6) is 5.51. The molecule has 5 heteroatoms. The Bertz CT molecular complexity index is 298. The second-order valence-electron chi connectivity index (χ2n) is 3.41. The molecule has 0 radical (unpaired) electrons. The molecule has 1 rings (SSSR count). The number of aryl methyl sites for hydroxylation is 2. The Labute approximate surface area is 90.6 Å². The van der Waals surface area contributed by atoms with Gasteiger partial charge in [0.25, 0.3) is 0 Å². The van der Waals surface area contributed by atoms with Crippen molar-refractivity contribution in [3.8, 4) is 0 Å². The topological polar surface area (TPSA) is 65.1 Å². The molecule has 0 aliphatic rings. The molecule has 3 N–H and O–H groups in total. The average molecular weight is 212 g/mol. The lowest BCUT2D eigenvalue weighted by molar-refractivity contribution is 0.120. The fourth-order valence-electron chi connectivity index (χ4n) is 1.55. The van der Waals surface area contributed by atoms with E-state index in [4.69, 9.17) is 10.6 Å². The minimum Gasteiger partial charge on any atom is -0.380 e. The van der Waals surface area contributed by atoms with Gasteiger partial charge in [0, 0.05) is 13.2 Å². The molecule has 0 aliphatic heterocycles. The van der Waals surface area contributed by atoms with E-state index in [1.54, 1.807) is 0 Å². The lowest BCUT2D eigenvalue weighted by Gasteiger charge is -2.16. The van der Waals surface area contributed by atoms with Crippen LogP contribution in [0.2, 0.25) is 0 Å². The molecule has 1 unspecified atom stereocenters. The highest BCUT2D eigenvalue weighted by Crippen LogP contribution is 2.14. The molecule has 0 saturated heterocycles. The third-order valence-electron chi connectivity index (χ3n) is 2.28. The van der Waals surface area contributed by atoms with E-state index in [-0.39, 0.29) is 6.04 Å². The Morgan fingerprint density at radius 3 is 2.87 bits per heavy atom. The van der Waals surface area contributed by atoms with E-state index in [2.05, 4.69) is 17.4 Å². The molecule has 5 nitrogen and oxygen atoms in total. The van der Waals surface area contributed by atoms with E-state index in [0.717, 1.165) is 17.9 Å². The van der Waals surface area contributed by atoms with Crippen LogP contribution in [-0.4, -0.2) is 23.0 Å². The van der Waals surface area contributed by atoms with Crippen molar-refractivity contribution in [1.82, 2.24) is 15.2 Å². The molecule has 0 aromatic carbocycles. The van der Waals surface area contributed by atoms with Crippen molar-refractivity contribution in [2.75, 3.05) is 13.2 Å². The van der Waals surface area contributed by atoms with E-state index < -0.39 is 0 Å². The fraction of sp³-hybridized carbons (Fsp3) is 0.700. The zero-order valence-electron chi connectivity index (χ0n) is 9.66. The van der Waals surface area contributed by atoms with Crippen LogP contribution in [0.1, 0.15) is 31.3 Å². The summed E-state index contributed by atoms with van der Waals surface area (Å²) in [6.45, 7) is 8.10. The Morgan fingerprint density at radius 1 is 1.60 bits per heavy atom. The van der Waals surface area contributed by atoms with Crippen molar-refractivity contribution in [2.45, 2.75) is 33.4 Å². The highest BCUT2D eigenvalue weighted by Gasteiger charge is 2.15. The highest BCUT2D eigenvalue weighted by atomic mass is 16.5. The van der Waals surface area contributed by atoms with Crippen LogP contribution in [0.15, 0.2) is 6.07 Å². The molecule has 0 amide bonds. The molecule has 1 heterocycles. The molecule has 0 saturated carbocycles. The summed E-state index contributed by atoms with van der Waals surface area (Å²) in [6.07, 6.45) is 0. The monoisotopic (exact) mass is 212 g/mol. The zero-order valence-corrected chi connectivity index (χ0v) is 9.66. The predicted octanol–water partition coefficient (Wildman–Crippen LogP) is 0.752. The van der Waals surface area contributed by atoms with Gasteiger partial charge in [-0.25, -0.2) is 5.43 Å². The molecule has 0 aliphatic carbocycles. The van der Waals surface area contributed by atoms with Crippen molar-refractivity contribution in [3.05, 3.63) is 17.5 Å². The van der Waals surface area contributed by atoms with E-state index in [0.29, 0.717) is 13.2 Å². The van der Waals surface area contributed by atoms with Crippen LogP contribution in [0.5, 0.6) is 0 Å². The van der Waals surface area contributed by atoms with Gasteiger partial charge in [-0.05, 0) is 26.8 Å². The Balaban J connectivity index is 2.80. The number of nitrogens with one attached hydrogen (secondary N) is 1. The van der Waals surface area contributed by atoms with Crippen LogP contribution in [0.4, 0.5) is 0 Å². The van der Waals surface area contributed by atoms with Gasteiger partial charge < -0.3 is 4.74 Å². The molecule has 0 fully saturated rings. The van der Waals surface area contributed by atoms with Crippen molar-refractivity contribution >= 4 is 0 Å². The first-order chi connectivity index (χ1) is 7.22. The van der Waals surface area contributed by atoms with Gasteiger partial charge in [-0.3, -0.25) is 10.5 Å². The minimum atomic E-state index is 0.00565. The SMILES string of the molecule is CCOCC(NN)c1cc(C)nn1CC. The molecule has 0 spiro atoms. The molecule has 0 bridgehead atoms. The molecule has 1 atom stereocenters. The largest absolute Gasteiger partial charge is 0.380 e. The normalized spacial score (nSPS) is 13.1. The first-order valence-corrected chi connectivity index (χ1v) is 5.31. The second kappa shape index (κ2) is 5.85. The lowest BCUT2D eigenvalue weighted by Crippen LogP contribution is -2.33. The van der Waals surface area contributed by atoms with Crippen LogP contribution < -0.4 is 11.3 Å². The maximum absolute atomic E-state index is 5.51. The Kier molecular flexibility index (Phi) is 4.74. The van der Waals surface area contributed by atoms with E-state index >= 15 is 0 Å². The van der Waals surface area contributed by atoms with Gasteiger partial charge in [-0.15, -0.1) is 0 Å². The van der Waals surface area contributed by atoms with Crippen molar-refractivity contribution in [1.29, 1.82) is 0 Å². The number of hydrogen-bond acceptors (Lipinski definition) is 4. The maximum atomic E-state index is 5.51. The first kappa shape index (κ1) is 12.2. The third-order valence-corrected chi connectivity index (χ3v) is 2.28. The Morgan fingerprint density at radius 2 is 2.33 bits per heavy atom. The maximum Gasteiger partial charge on any atom is 0.0862 e. The minimum absolute atomic E-state index is 0.00565. The number of rotatable bonds is 6. The number of ether oxygens (including phenoxy) is 1. The van der Waals surface area contributed by atoms with Crippen LogP contribution in [0.25, 0.3) is 0 Å². The van der Waals surface area contributed by atoms with Crippen LogP contribution in [0.3, 0.4) is 0 Å². The predicted molar refractivity (Wildman–Crippen MR) is 59.2 cm³/mol. The first-order valence-electron chi connectivity index (χ1n) is 5.31. The standard InChI is InChI=1S/C10H20N4O/c1-4-14-10(6-8(3)13-14)9(12-11)7-15-5-2/h6,9,12H,4-5,7,11H2,1-3H3. The van der Waals surface area contributed by atoms with Crippen LogP contribution in [-0.2, 0) is 11.3 Å². The van der Waals surface area contributed by atoms with Gasteiger partial charge in [0.1, 0.15) is 0 Å². The highest BCUT2D eigenvalue weighted by molar-refractivity contribution is 5.13. The van der Waals surface area contributed by atoms with Gasteiger partial charge in [0.05, 0.1) is 24.0 Å². The van der Waals surface area contributed by atoms with Gasteiger partial charge in [-0.1, -0.05) is 0 Å². The number of hydrazine groups is 1. The quantitative estimate of drug-likeness (QED) is 0.539. The van der Waals surface area contributed by atoms with Gasteiger partial charge in [0.15, 0.2) is 0 Å². The van der Waals surface area contributed by atoms with Crippen molar-refractivity contribution in [3.63, 3.8) is 0 Å². The van der Waals surface area contributed by atoms with Crippen molar-refractivity contribution < 1.29 is 4.74 Å². The molecule has 86 valence electrons. The summed E-state index contributed by atoms with van der Waals surface area (Å²) >= 11 is 0. The summed E-state index contributed by atoms with van der Waals surface area (Å²) in [6, 6.07) is 2.04. The summed E-state index contributed by atoms with van der Waals surface area (Å²) in [4.78, 5) is 0. The van der Waals surface area contributed by atoms with Crippen molar-refractivity contribution in [2.24, 2.45) is 5.84 Å². The lowest BCUT2D eigenvalue weighted by atomic mass is 10.2. The summed E-state index contributed by atoms with van der Waals surface area (Å²) in [5, 5.41) is 4.37. The van der Waals surface area contributed by atoms with Gasteiger partial charge in [-0.2, -0.15) is 5.10 Å². The summed E-state index contributed by atoms with van der Waals surface area (Å²) < 4.78 is 7.31. The summed E-state index contributed by atoms with van der Waals surface area (Å²) in [7, 11) is 0. The molecule has 1 aromatic heterocycles. The fourth-order valence-corrected chi connectivity index (χ4v) is 1.55. The number of nitrogens with two attached hydrogens (primary N) is 1. The number of hydrogen-bond donors (Lipinski definition) is 2. The number of aromatic nitrogens is 2. The van der Waals surface area contributed by atoms with E-state index in [1.807, 2.05) is 24.6 Å². The van der Waals surface area contributed by atoms with Gasteiger partial charge >= 0.3 is 0 Å². The smallest absolute Gasteiger partial charge is 0.0862 e. The van der Waals surface area contributed by atoms with Crippen LogP contribution >= 0.6 is 0 Å². The van der Waals surface area contributed by atoms with E-state index in [1.165, 1.54) is 0 Å². The Hall–Kier alpha value is -0.910.